The minimum Gasteiger partial charge on any atom is -0.458 e. The van der Waals surface area contributed by atoms with E-state index in [0.29, 0.717) is 11.5 Å². The first-order valence-corrected chi connectivity index (χ1v) is 7.76. The van der Waals surface area contributed by atoms with Crippen LogP contribution >= 0.6 is 0 Å². The lowest BCUT2D eigenvalue weighted by Gasteiger charge is -2.36. The van der Waals surface area contributed by atoms with Crippen molar-refractivity contribution in [3.05, 3.63) is 35.9 Å². The number of piperidine rings is 1. The summed E-state index contributed by atoms with van der Waals surface area (Å²) in [5, 5.41) is 0. The van der Waals surface area contributed by atoms with Gasteiger partial charge in [0, 0.05) is 32.2 Å². The molecule has 1 aliphatic rings. The van der Waals surface area contributed by atoms with Gasteiger partial charge in [-0.1, -0.05) is 25.1 Å². The summed E-state index contributed by atoms with van der Waals surface area (Å²) in [5.74, 6) is 0.142. The van der Waals surface area contributed by atoms with Crippen molar-refractivity contribution in [2.75, 3.05) is 32.8 Å². The maximum absolute atomic E-state index is 12.1. The molecule has 1 aromatic carbocycles. The normalized spacial score (nSPS) is 23.0. The Bertz CT molecular complexity index is 435. The molecule has 0 aliphatic carbocycles. The smallest absolute Gasteiger partial charge is 0.338 e. The molecule has 4 heteroatoms. The molecule has 0 saturated carbocycles. The maximum atomic E-state index is 12.1. The van der Waals surface area contributed by atoms with E-state index in [2.05, 4.69) is 11.8 Å². The van der Waals surface area contributed by atoms with E-state index in [4.69, 9.17) is 9.47 Å². The second-order valence-corrected chi connectivity index (χ2v) is 5.57. The van der Waals surface area contributed by atoms with Crippen molar-refractivity contribution in [3.63, 3.8) is 0 Å². The fraction of sp³-hybridized carbons (Fsp3) is 0.588. The first kappa shape index (κ1) is 16.0. The third-order valence-corrected chi connectivity index (χ3v) is 3.93. The summed E-state index contributed by atoms with van der Waals surface area (Å²) in [6, 6.07) is 9.21. The van der Waals surface area contributed by atoms with Gasteiger partial charge in [0.15, 0.2) is 0 Å². The monoisotopic (exact) mass is 291 g/mol. The summed E-state index contributed by atoms with van der Waals surface area (Å²) in [6.07, 6.45) is 0.910. The Hall–Kier alpha value is -1.39. The van der Waals surface area contributed by atoms with Crippen molar-refractivity contribution in [1.29, 1.82) is 0 Å². The second-order valence-electron chi connectivity index (χ2n) is 5.57. The Morgan fingerprint density at radius 3 is 2.76 bits per heavy atom. The SMILES string of the molecule is CCOCCN1CC[C@H](OC(=O)c2ccccc2)[C@H](C)C1. The standard InChI is InChI=1S/C17H25NO3/c1-3-20-12-11-18-10-9-16(14(2)13-18)21-17(19)15-7-5-4-6-8-15/h4-8,14,16H,3,9-13H2,1-2H3/t14-,16+/m1/s1. The Balaban J connectivity index is 1.79. The van der Waals surface area contributed by atoms with Gasteiger partial charge in [-0.25, -0.2) is 4.79 Å². The molecule has 2 rings (SSSR count). The zero-order valence-electron chi connectivity index (χ0n) is 13.0. The largest absolute Gasteiger partial charge is 0.458 e. The van der Waals surface area contributed by atoms with Gasteiger partial charge in [-0.05, 0) is 25.5 Å². The van der Waals surface area contributed by atoms with Crippen LogP contribution < -0.4 is 0 Å². The van der Waals surface area contributed by atoms with E-state index in [1.165, 1.54) is 0 Å². The van der Waals surface area contributed by atoms with E-state index in [9.17, 15) is 4.79 Å². The number of benzene rings is 1. The lowest BCUT2D eigenvalue weighted by Crippen LogP contribution is -2.44. The fourth-order valence-corrected chi connectivity index (χ4v) is 2.71. The van der Waals surface area contributed by atoms with Crippen LogP contribution in [0, 0.1) is 5.92 Å². The molecule has 21 heavy (non-hydrogen) atoms. The predicted octanol–water partition coefficient (Wildman–Crippen LogP) is 2.59. The Morgan fingerprint density at radius 1 is 1.33 bits per heavy atom. The number of ether oxygens (including phenoxy) is 2. The molecule has 1 heterocycles. The average Bonchev–Trinajstić information content (AvgIpc) is 2.51. The van der Waals surface area contributed by atoms with Crippen LogP contribution in [0.4, 0.5) is 0 Å². The number of likely N-dealkylation sites (tertiary alicyclic amines) is 1. The minimum atomic E-state index is -0.213. The van der Waals surface area contributed by atoms with E-state index in [0.717, 1.165) is 39.3 Å². The number of rotatable bonds is 6. The van der Waals surface area contributed by atoms with Crippen molar-refractivity contribution < 1.29 is 14.3 Å². The molecule has 0 bridgehead atoms. The zero-order chi connectivity index (χ0) is 15.1. The van der Waals surface area contributed by atoms with Gasteiger partial charge in [0.25, 0.3) is 0 Å². The molecule has 2 atom stereocenters. The summed E-state index contributed by atoms with van der Waals surface area (Å²) in [6.45, 7) is 8.58. The highest BCUT2D eigenvalue weighted by atomic mass is 16.5. The van der Waals surface area contributed by atoms with Crippen LogP contribution in [-0.2, 0) is 9.47 Å². The van der Waals surface area contributed by atoms with E-state index in [-0.39, 0.29) is 12.1 Å². The molecule has 1 aromatic rings. The van der Waals surface area contributed by atoms with Gasteiger partial charge in [-0.3, -0.25) is 0 Å². The number of hydrogen-bond donors (Lipinski definition) is 0. The third-order valence-electron chi connectivity index (χ3n) is 3.93. The Kier molecular flexibility index (Phi) is 6.21. The molecule has 0 unspecified atom stereocenters. The zero-order valence-corrected chi connectivity index (χ0v) is 13.0. The van der Waals surface area contributed by atoms with Gasteiger partial charge in [0.2, 0.25) is 0 Å². The van der Waals surface area contributed by atoms with E-state index in [1.54, 1.807) is 12.1 Å². The maximum Gasteiger partial charge on any atom is 0.338 e. The molecule has 1 fully saturated rings. The highest BCUT2D eigenvalue weighted by Gasteiger charge is 2.28. The fourth-order valence-electron chi connectivity index (χ4n) is 2.71. The van der Waals surface area contributed by atoms with Gasteiger partial charge in [0.05, 0.1) is 12.2 Å². The summed E-state index contributed by atoms with van der Waals surface area (Å²) < 4.78 is 11.1. The highest BCUT2D eigenvalue weighted by molar-refractivity contribution is 5.89. The van der Waals surface area contributed by atoms with E-state index >= 15 is 0 Å². The van der Waals surface area contributed by atoms with Gasteiger partial charge in [0.1, 0.15) is 6.10 Å². The Morgan fingerprint density at radius 2 is 2.10 bits per heavy atom. The molecular formula is C17H25NO3. The second kappa shape index (κ2) is 8.15. The topological polar surface area (TPSA) is 38.8 Å². The molecule has 1 saturated heterocycles. The molecule has 0 amide bonds. The van der Waals surface area contributed by atoms with Crippen LogP contribution in [0.15, 0.2) is 30.3 Å². The lowest BCUT2D eigenvalue weighted by atomic mass is 9.96. The predicted molar refractivity (Wildman–Crippen MR) is 82.4 cm³/mol. The summed E-state index contributed by atoms with van der Waals surface area (Å²) in [4.78, 5) is 14.5. The van der Waals surface area contributed by atoms with Crippen LogP contribution in [0.25, 0.3) is 0 Å². The molecule has 4 nitrogen and oxygen atoms in total. The first-order chi connectivity index (χ1) is 10.2. The average molecular weight is 291 g/mol. The van der Waals surface area contributed by atoms with Gasteiger partial charge in [-0.15, -0.1) is 0 Å². The number of hydrogen-bond acceptors (Lipinski definition) is 4. The van der Waals surface area contributed by atoms with E-state index < -0.39 is 0 Å². The first-order valence-electron chi connectivity index (χ1n) is 7.76. The minimum absolute atomic E-state index is 0.0149. The van der Waals surface area contributed by atoms with Gasteiger partial charge >= 0.3 is 5.97 Å². The quantitative estimate of drug-likeness (QED) is 0.596. The van der Waals surface area contributed by atoms with Crippen LogP contribution in [-0.4, -0.2) is 49.8 Å². The van der Waals surface area contributed by atoms with Crippen LogP contribution in [0.5, 0.6) is 0 Å². The number of nitrogens with zero attached hydrogens (tertiary/aromatic N) is 1. The molecule has 0 aromatic heterocycles. The van der Waals surface area contributed by atoms with Crippen molar-refractivity contribution in [2.45, 2.75) is 26.4 Å². The number of carbonyl (C=O) groups excluding carboxylic acids is 1. The molecule has 0 spiro atoms. The van der Waals surface area contributed by atoms with Crippen LogP contribution in [0.1, 0.15) is 30.6 Å². The highest BCUT2D eigenvalue weighted by Crippen LogP contribution is 2.21. The molecule has 116 valence electrons. The van der Waals surface area contributed by atoms with Gasteiger partial charge < -0.3 is 14.4 Å². The molecule has 0 radical (unpaired) electrons. The summed E-state index contributed by atoms with van der Waals surface area (Å²) in [7, 11) is 0. The van der Waals surface area contributed by atoms with Crippen LogP contribution in [0.3, 0.4) is 0 Å². The van der Waals surface area contributed by atoms with E-state index in [1.807, 2.05) is 25.1 Å². The van der Waals surface area contributed by atoms with Crippen LogP contribution in [0.2, 0.25) is 0 Å². The number of carbonyl (C=O) groups is 1. The third kappa shape index (κ3) is 4.83. The Labute approximate surface area is 127 Å². The van der Waals surface area contributed by atoms with Crippen molar-refractivity contribution in [3.8, 4) is 0 Å². The molecule has 1 aliphatic heterocycles. The molecular weight excluding hydrogens is 266 g/mol. The van der Waals surface area contributed by atoms with Crippen molar-refractivity contribution in [2.24, 2.45) is 5.92 Å². The number of esters is 1. The molecule has 0 N–H and O–H groups in total. The summed E-state index contributed by atoms with van der Waals surface area (Å²) in [5.41, 5.74) is 0.628. The summed E-state index contributed by atoms with van der Waals surface area (Å²) >= 11 is 0. The van der Waals surface area contributed by atoms with Crippen molar-refractivity contribution >= 4 is 5.97 Å². The van der Waals surface area contributed by atoms with Gasteiger partial charge in [-0.2, -0.15) is 0 Å². The lowest BCUT2D eigenvalue weighted by molar-refractivity contribution is -0.0148. The van der Waals surface area contributed by atoms with Crippen molar-refractivity contribution in [1.82, 2.24) is 4.90 Å².